The summed E-state index contributed by atoms with van der Waals surface area (Å²) in [6.45, 7) is 7.65. The first-order chi connectivity index (χ1) is 12.8. The van der Waals surface area contributed by atoms with Crippen molar-refractivity contribution in [1.29, 1.82) is 0 Å². The lowest BCUT2D eigenvalue weighted by Gasteiger charge is -2.47. The number of fused-ring (bicyclic) bond motifs is 1. The fraction of sp³-hybridized carbons (Fsp3) is 0.650. The lowest BCUT2D eigenvalue weighted by atomic mass is 9.95. The molecule has 0 radical (unpaired) electrons. The fourth-order valence-corrected chi connectivity index (χ4v) is 3.98. The maximum atomic E-state index is 12.5. The van der Waals surface area contributed by atoms with Crippen LogP contribution in [0.15, 0.2) is 30.3 Å². The molecule has 1 aromatic rings. The largest absolute Gasteiger partial charge is 0.456 e. The molecule has 2 fully saturated rings. The maximum Gasteiger partial charge on any atom is 0.311 e. The van der Waals surface area contributed by atoms with Gasteiger partial charge in [0, 0.05) is 5.56 Å². The molecule has 3 rings (SSSR count). The molecule has 2 aliphatic rings. The average molecular weight is 397 g/mol. The third-order valence-corrected chi connectivity index (χ3v) is 5.62. The molecule has 7 heteroatoms. The minimum absolute atomic E-state index is 0.307. The summed E-state index contributed by atoms with van der Waals surface area (Å²) in [6, 6.07) is 9.56. The standard InChI is InChI=1S/C20H28O6S/c1-5-27-18-14(21)16(26-19(22)20(2,3)4)15-13(24-18)11-23-17(25-15)12-9-7-6-8-10-12/h6-10,13-18,21H,5,11H2,1-4H3/t13-,14-,15+,16-,17+,18+/m1/s1. The zero-order valence-corrected chi connectivity index (χ0v) is 17.0. The minimum Gasteiger partial charge on any atom is -0.456 e. The first kappa shape index (κ1) is 20.6. The normalized spacial score (nSPS) is 34.0. The van der Waals surface area contributed by atoms with Crippen LogP contribution in [0.5, 0.6) is 0 Å². The molecule has 0 unspecified atom stereocenters. The zero-order chi connectivity index (χ0) is 19.6. The van der Waals surface area contributed by atoms with E-state index in [1.165, 1.54) is 11.8 Å². The van der Waals surface area contributed by atoms with Crippen LogP contribution in [-0.4, -0.2) is 53.3 Å². The highest BCUT2D eigenvalue weighted by molar-refractivity contribution is 7.99. The van der Waals surface area contributed by atoms with Gasteiger partial charge < -0.3 is 24.1 Å². The van der Waals surface area contributed by atoms with E-state index in [9.17, 15) is 9.90 Å². The number of thioether (sulfide) groups is 1. The van der Waals surface area contributed by atoms with E-state index in [-0.39, 0.29) is 5.97 Å². The molecule has 0 spiro atoms. The van der Waals surface area contributed by atoms with E-state index >= 15 is 0 Å². The average Bonchev–Trinajstić information content (AvgIpc) is 2.64. The SMILES string of the molecule is CCS[C@@H]1O[C@@H]2CO[C@H](c3ccccc3)O[C@@H]2[C@H](OC(=O)C(C)(C)C)[C@H]1O. The number of aliphatic hydroxyl groups excluding tert-OH is 1. The van der Waals surface area contributed by atoms with Crippen molar-refractivity contribution in [3.63, 3.8) is 0 Å². The second-order valence-corrected chi connectivity index (χ2v) is 9.16. The van der Waals surface area contributed by atoms with Crippen molar-refractivity contribution in [1.82, 2.24) is 0 Å². The highest BCUT2D eigenvalue weighted by Gasteiger charge is 2.52. The van der Waals surface area contributed by atoms with Crippen molar-refractivity contribution in [2.24, 2.45) is 5.41 Å². The van der Waals surface area contributed by atoms with Gasteiger partial charge in [-0.25, -0.2) is 0 Å². The van der Waals surface area contributed by atoms with Crippen LogP contribution >= 0.6 is 11.8 Å². The first-order valence-electron chi connectivity index (χ1n) is 9.29. The Labute approximate surface area is 164 Å². The van der Waals surface area contributed by atoms with Gasteiger partial charge in [-0.1, -0.05) is 37.3 Å². The van der Waals surface area contributed by atoms with Crippen LogP contribution in [-0.2, 0) is 23.7 Å². The molecule has 0 amide bonds. The number of carbonyl (C=O) groups excluding carboxylic acids is 1. The smallest absolute Gasteiger partial charge is 0.311 e. The summed E-state index contributed by atoms with van der Waals surface area (Å²) >= 11 is 1.48. The zero-order valence-electron chi connectivity index (χ0n) is 16.2. The number of hydrogen-bond donors (Lipinski definition) is 1. The van der Waals surface area contributed by atoms with Crippen molar-refractivity contribution in [2.75, 3.05) is 12.4 Å². The molecule has 6 nitrogen and oxygen atoms in total. The second-order valence-electron chi connectivity index (χ2n) is 7.79. The topological polar surface area (TPSA) is 74.2 Å². The number of benzene rings is 1. The van der Waals surface area contributed by atoms with Gasteiger partial charge >= 0.3 is 5.97 Å². The van der Waals surface area contributed by atoms with Crippen LogP contribution in [0, 0.1) is 5.41 Å². The highest BCUT2D eigenvalue weighted by Crippen LogP contribution is 2.38. The van der Waals surface area contributed by atoms with Gasteiger partial charge in [0.25, 0.3) is 0 Å². The van der Waals surface area contributed by atoms with Crippen molar-refractivity contribution >= 4 is 17.7 Å². The molecular weight excluding hydrogens is 368 g/mol. The lowest BCUT2D eigenvalue weighted by Crippen LogP contribution is -2.62. The van der Waals surface area contributed by atoms with Gasteiger partial charge in [-0.05, 0) is 26.5 Å². The highest BCUT2D eigenvalue weighted by atomic mass is 32.2. The van der Waals surface area contributed by atoms with Gasteiger partial charge in [0.15, 0.2) is 12.4 Å². The summed E-state index contributed by atoms with van der Waals surface area (Å²) in [6.07, 6.45) is -3.38. The Kier molecular flexibility index (Phi) is 6.48. The van der Waals surface area contributed by atoms with E-state index in [1.807, 2.05) is 37.3 Å². The molecule has 1 N–H and O–H groups in total. The molecule has 2 saturated heterocycles. The molecule has 0 aliphatic carbocycles. The molecule has 0 bridgehead atoms. The number of rotatable bonds is 4. The predicted octanol–water partition coefficient (Wildman–Crippen LogP) is 2.90. The molecule has 27 heavy (non-hydrogen) atoms. The minimum atomic E-state index is -0.975. The van der Waals surface area contributed by atoms with Crippen molar-refractivity contribution in [3.8, 4) is 0 Å². The van der Waals surface area contributed by atoms with Gasteiger partial charge in [0.05, 0.1) is 12.0 Å². The van der Waals surface area contributed by atoms with Gasteiger partial charge in [-0.3, -0.25) is 4.79 Å². The Morgan fingerprint density at radius 1 is 1.26 bits per heavy atom. The van der Waals surface area contributed by atoms with E-state index in [4.69, 9.17) is 18.9 Å². The summed E-state index contributed by atoms with van der Waals surface area (Å²) in [4.78, 5) is 12.5. The van der Waals surface area contributed by atoms with Crippen LogP contribution in [0.2, 0.25) is 0 Å². The van der Waals surface area contributed by atoms with E-state index in [0.717, 1.165) is 11.3 Å². The summed E-state index contributed by atoms with van der Waals surface area (Å²) < 4.78 is 23.7. The molecule has 0 saturated carbocycles. The Morgan fingerprint density at radius 2 is 1.96 bits per heavy atom. The number of ether oxygens (including phenoxy) is 4. The van der Waals surface area contributed by atoms with Crippen molar-refractivity contribution < 1.29 is 28.8 Å². The van der Waals surface area contributed by atoms with E-state index < -0.39 is 41.6 Å². The van der Waals surface area contributed by atoms with Crippen LogP contribution in [0.4, 0.5) is 0 Å². The second kappa shape index (κ2) is 8.49. The lowest BCUT2D eigenvalue weighted by molar-refractivity contribution is -0.320. The first-order valence-corrected chi connectivity index (χ1v) is 10.3. The Balaban J connectivity index is 1.82. The number of aliphatic hydroxyl groups is 1. The Bertz CT molecular complexity index is 631. The van der Waals surface area contributed by atoms with Crippen molar-refractivity contribution in [3.05, 3.63) is 35.9 Å². The van der Waals surface area contributed by atoms with E-state index in [0.29, 0.717) is 6.61 Å². The summed E-state index contributed by atoms with van der Waals surface area (Å²) in [5.74, 6) is 0.395. The van der Waals surface area contributed by atoms with Crippen LogP contribution in [0.1, 0.15) is 39.5 Å². The molecule has 6 atom stereocenters. The van der Waals surface area contributed by atoms with Crippen LogP contribution in [0.25, 0.3) is 0 Å². The van der Waals surface area contributed by atoms with E-state index in [2.05, 4.69) is 0 Å². The molecular formula is C20H28O6S. The number of esters is 1. The summed E-state index contributed by atoms with van der Waals surface area (Å²) in [5.41, 5.74) is -0.295. The van der Waals surface area contributed by atoms with Gasteiger partial charge in [-0.15, -0.1) is 11.8 Å². The molecule has 150 valence electrons. The Hall–Kier alpha value is -1.12. The van der Waals surface area contributed by atoms with Crippen molar-refractivity contribution in [2.45, 2.75) is 63.8 Å². The summed E-state index contributed by atoms with van der Waals surface area (Å²) in [5, 5.41) is 10.8. The Morgan fingerprint density at radius 3 is 2.59 bits per heavy atom. The quantitative estimate of drug-likeness (QED) is 0.785. The number of hydrogen-bond acceptors (Lipinski definition) is 7. The molecule has 2 heterocycles. The third-order valence-electron chi connectivity index (χ3n) is 4.57. The monoisotopic (exact) mass is 396 g/mol. The van der Waals surface area contributed by atoms with Gasteiger partial charge in [0.2, 0.25) is 0 Å². The molecule has 1 aromatic carbocycles. The molecule has 0 aromatic heterocycles. The fourth-order valence-electron chi connectivity index (χ4n) is 3.08. The van der Waals surface area contributed by atoms with E-state index in [1.54, 1.807) is 20.8 Å². The van der Waals surface area contributed by atoms with Gasteiger partial charge in [-0.2, -0.15) is 0 Å². The maximum absolute atomic E-state index is 12.5. The van der Waals surface area contributed by atoms with Crippen LogP contribution in [0.3, 0.4) is 0 Å². The third kappa shape index (κ3) is 4.66. The number of carbonyl (C=O) groups is 1. The summed E-state index contributed by atoms with van der Waals surface area (Å²) in [7, 11) is 0. The van der Waals surface area contributed by atoms with Crippen LogP contribution < -0.4 is 0 Å². The molecule has 2 aliphatic heterocycles. The predicted molar refractivity (Wildman–Crippen MR) is 102 cm³/mol. The van der Waals surface area contributed by atoms with Gasteiger partial charge in [0.1, 0.15) is 23.7 Å².